The van der Waals surface area contributed by atoms with E-state index in [1.807, 2.05) is 0 Å². The molecule has 0 spiro atoms. The first-order valence-electron chi connectivity index (χ1n) is 12.7. The predicted molar refractivity (Wildman–Crippen MR) is 138 cm³/mol. The third-order valence-electron chi connectivity index (χ3n) is 6.59. The van der Waals surface area contributed by atoms with Crippen LogP contribution >= 0.6 is 0 Å². The number of rotatable bonds is 10. The van der Waals surface area contributed by atoms with Crippen molar-refractivity contribution in [2.45, 2.75) is 63.8 Å². The Bertz CT molecular complexity index is 1230. The molecule has 40 heavy (non-hydrogen) atoms. The topological polar surface area (TPSA) is 148 Å². The fraction of sp³-hybridized carbons (Fsp3) is 0.464. The van der Waals surface area contributed by atoms with Gasteiger partial charge in [0.1, 0.15) is 30.1 Å². The molecule has 0 aliphatic carbocycles. The fourth-order valence-corrected chi connectivity index (χ4v) is 4.61. The number of carboxylic acids is 1. The van der Waals surface area contributed by atoms with Crippen molar-refractivity contribution in [3.8, 4) is 17.2 Å². The number of carbonyl (C=O) groups is 3. The van der Waals surface area contributed by atoms with Gasteiger partial charge in [-0.3, -0.25) is 9.59 Å². The summed E-state index contributed by atoms with van der Waals surface area (Å²) in [5.41, 5.74) is 1.05. The summed E-state index contributed by atoms with van der Waals surface area (Å²) < 4.78 is 41.2. The summed E-state index contributed by atoms with van der Waals surface area (Å²) >= 11 is 0. The molecule has 7 unspecified atom stereocenters. The number of Topliss-reactive ketones (excluding diaryl/α,β-unsaturated/α-hetero) is 1. The highest BCUT2D eigenvalue weighted by atomic mass is 16.8. The Kier molecular flexibility index (Phi) is 9.25. The first kappa shape index (κ1) is 29.3. The Morgan fingerprint density at radius 3 is 2.42 bits per heavy atom. The zero-order valence-electron chi connectivity index (χ0n) is 22.8. The highest BCUT2D eigenvalue weighted by molar-refractivity contribution is 5.94. The van der Waals surface area contributed by atoms with Crippen molar-refractivity contribution in [2.24, 2.45) is 0 Å². The maximum atomic E-state index is 12.3. The van der Waals surface area contributed by atoms with Gasteiger partial charge < -0.3 is 43.6 Å². The molecule has 2 N–H and O–H groups in total. The van der Waals surface area contributed by atoms with E-state index in [1.165, 1.54) is 35.0 Å². The van der Waals surface area contributed by atoms with Crippen molar-refractivity contribution in [1.82, 2.24) is 5.32 Å². The number of methoxy groups -OCH3 is 2. The molecule has 2 heterocycles. The van der Waals surface area contributed by atoms with E-state index in [2.05, 4.69) is 5.32 Å². The Morgan fingerprint density at radius 2 is 1.77 bits per heavy atom. The van der Waals surface area contributed by atoms with Gasteiger partial charge in [-0.15, -0.1) is 0 Å². The number of fused-ring (bicyclic) bond motifs is 1. The van der Waals surface area contributed by atoms with Gasteiger partial charge in [-0.05, 0) is 38.1 Å². The number of ether oxygens (including phenoxy) is 7. The van der Waals surface area contributed by atoms with Gasteiger partial charge in [-0.2, -0.15) is 0 Å². The Morgan fingerprint density at radius 1 is 1.02 bits per heavy atom. The lowest BCUT2D eigenvalue weighted by molar-refractivity contribution is -0.340. The zero-order chi connectivity index (χ0) is 29.0. The van der Waals surface area contributed by atoms with Crippen LogP contribution in [0.15, 0.2) is 42.5 Å². The fourth-order valence-electron chi connectivity index (χ4n) is 4.61. The average Bonchev–Trinajstić information content (AvgIpc) is 2.93. The van der Waals surface area contributed by atoms with Crippen molar-refractivity contribution in [3.05, 3.63) is 53.6 Å². The molecule has 4 rings (SSSR count). The van der Waals surface area contributed by atoms with Crippen LogP contribution in [0.2, 0.25) is 0 Å². The molecule has 0 bridgehead atoms. The van der Waals surface area contributed by atoms with Crippen LogP contribution in [0, 0.1) is 0 Å². The molecule has 0 aromatic heterocycles. The Balaban J connectivity index is 1.66. The normalized spacial score (nSPS) is 26.6. The summed E-state index contributed by atoms with van der Waals surface area (Å²) in [4.78, 5) is 35.9. The first-order chi connectivity index (χ1) is 19.1. The largest absolute Gasteiger partial charge is 0.493 e. The molecule has 12 heteroatoms. The van der Waals surface area contributed by atoms with Crippen LogP contribution < -0.4 is 19.5 Å². The van der Waals surface area contributed by atoms with E-state index in [0.717, 1.165) is 0 Å². The van der Waals surface area contributed by atoms with Gasteiger partial charge in [-0.25, -0.2) is 4.79 Å². The second-order valence-electron chi connectivity index (χ2n) is 9.43. The molecule has 0 saturated carbocycles. The minimum atomic E-state index is -1.24. The molecule has 0 radical (unpaired) electrons. The second-order valence-corrected chi connectivity index (χ2v) is 9.43. The molecule has 2 aliphatic heterocycles. The lowest BCUT2D eigenvalue weighted by Crippen LogP contribution is -2.68. The zero-order valence-corrected chi connectivity index (χ0v) is 22.8. The summed E-state index contributed by atoms with van der Waals surface area (Å²) in [6.45, 7) is 4.18. The van der Waals surface area contributed by atoms with Gasteiger partial charge in [0, 0.05) is 18.1 Å². The minimum Gasteiger partial charge on any atom is -0.493 e. The minimum absolute atomic E-state index is 0.0468. The SMILES string of the molecule is COc1ccc(C2OCC3OC(Oc4cccc(C(C)=O)c4)C(NC(C)=O)C(OC(C)C(=O)O)C3O2)cc1OC. The Labute approximate surface area is 231 Å². The summed E-state index contributed by atoms with van der Waals surface area (Å²) in [5, 5.41) is 12.4. The maximum Gasteiger partial charge on any atom is 0.332 e. The molecule has 2 saturated heterocycles. The number of amides is 1. The van der Waals surface area contributed by atoms with E-state index in [9.17, 15) is 19.5 Å². The first-order valence-corrected chi connectivity index (χ1v) is 12.7. The maximum absolute atomic E-state index is 12.3. The van der Waals surface area contributed by atoms with Crippen LogP contribution in [-0.2, 0) is 28.5 Å². The van der Waals surface area contributed by atoms with Crippen LogP contribution in [0.25, 0.3) is 0 Å². The van der Waals surface area contributed by atoms with E-state index < -0.39 is 54.9 Å². The summed E-state index contributed by atoms with van der Waals surface area (Å²) in [5.74, 6) is -0.452. The highest BCUT2D eigenvalue weighted by Gasteiger charge is 2.53. The van der Waals surface area contributed by atoms with Crippen molar-refractivity contribution >= 4 is 17.7 Å². The van der Waals surface area contributed by atoms with Crippen molar-refractivity contribution < 1.29 is 52.6 Å². The third-order valence-corrected chi connectivity index (χ3v) is 6.59. The second kappa shape index (κ2) is 12.6. The van der Waals surface area contributed by atoms with Crippen LogP contribution in [0.4, 0.5) is 0 Å². The highest BCUT2D eigenvalue weighted by Crippen LogP contribution is 2.39. The van der Waals surface area contributed by atoms with Crippen LogP contribution in [-0.4, -0.2) is 80.3 Å². The lowest BCUT2D eigenvalue weighted by atomic mass is 9.95. The summed E-state index contributed by atoms with van der Waals surface area (Å²) in [7, 11) is 3.04. The molecule has 2 aromatic rings. The molecular formula is C28H33NO11. The van der Waals surface area contributed by atoms with Crippen molar-refractivity contribution in [1.29, 1.82) is 0 Å². The molecule has 7 atom stereocenters. The molecule has 2 aromatic carbocycles. The van der Waals surface area contributed by atoms with Crippen LogP contribution in [0.3, 0.4) is 0 Å². The smallest absolute Gasteiger partial charge is 0.332 e. The van der Waals surface area contributed by atoms with Crippen LogP contribution in [0.5, 0.6) is 17.2 Å². The molecule has 2 aliphatic rings. The molecular weight excluding hydrogens is 526 g/mol. The van der Waals surface area contributed by atoms with Crippen molar-refractivity contribution in [2.75, 3.05) is 20.8 Å². The van der Waals surface area contributed by atoms with Crippen LogP contribution in [0.1, 0.15) is 43.0 Å². The summed E-state index contributed by atoms with van der Waals surface area (Å²) in [6, 6.07) is 10.7. The number of ketones is 1. The predicted octanol–water partition coefficient (Wildman–Crippen LogP) is 2.49. The number of carboxylic acid groups (broad SMARTS) is 1. The third kappa shape index (κ3) is 6.53. The standard InChI is InChI=1S/C28H33NO11/c1-14(30)17-7-6-8-19(11-17)38-28-23(29-16(3)31)25(37-15(2)26(32)33)24-22(39-28)13-36-27(40-24)18-9-10-20(34-4)21(12-18)35-5/h6-12,15,22-25,27-28H,13H2,1-5H3,(H,29,31)(H,32,33). The van der Waals surface area contributed by atoms with E-state index in [1.54, 1.807) is 42.5 Å². The number of benzene rings is 2. The molecule has 12 nitrogen and oxygen atoms in total. The van der Waals surface area contributed by atoms with E-state index in [-0.39, 0.29) is 12.4 Å². The number of hydrogen-bond acceptors (Lipinski definition) is 10. The number of carbonyl (C=O) groups excluding carboxylic acids is 2. The number of nitrogens with one attached hydrogen (secondary N) is 1. The number of hydrogen-bond donors (Lipinski definition) is 2. The lowest BCUT2D eigenvalue weighted by Gasteiger charge is -2.49. The monoisotopic (exact) mass is 559 g/mol. The van der Waals surface area contributed by atoms with E-state index >= 15 is 0 Å². The van der Waals surface area contributed by atoms with Gasteiger partial charge in [0.15, 0.2) is 29.7 Å². The van der Waals surface area contributed by atoms with E-state index in [4.69, 9.17) is 33.2 Å². The number of aliphatic carboxylic acids is 1. The molecule has 1 amide bonds. The van der Waals surface area contributed by atoms with Gasteiger partial charge in [0.25, 0.3) is 0 Å². The molecule has 2 fully saturated rings. The van der Waals surface area contributed by atoms with Gasteiger partial charge >= 0.3 is 5.97 Å². The van der Waals surface area contributed by atoms with E-state index in [0.29, 0.717) is 28.4 Å². The average molecular weight is 560 g/mol. The van der Waals surface area contributed by atoms with Gasteiger partial charge in [-0.1, -0.05) is 18.2 Å². The Hall–Kier alpha value is -3.71. The molecule has 216 valence electrons. The quantitative estimate of drug-likeness (QED) is 0.414. The summed E-state index contributed by atoms with van der Waals surface area (Å²) in [6.07, 6.45) is -5.85. The van der Waals surface area contributed by atoms with Gasteiger partial charge in [0.05, 0.1) is 20.8 Å². The van der Waals surface area contributed by atoms with Gasteiger partial charge in [0.2, 0.25) is 12.2 Å². The van der Waals surface area contributed by atoms with Crippen molar-refractivity contribution in [3.63, 3.8) is 0 Å².